The summed E-state index contributed by atoms with van der Waals surface area (Å²) in [6.07, 6.45) is 12.7. The van der Waals surface area contributed by atoms with Crippen molar-refractivity contribution in [3.63, 3.8) is 0 Å². The second kappa shape index (κ2) is 8.54. The van der Waals surface area contributed by atoms with E-state index in [0.717, 1.165) is 0 Å². The van der Waals surface area contributed by atoms with Crippen LogP contribution in [0.4, 0.5) is 0 Å². The van der Waals surface area contributed by atoms with Gasteiger partial charge in [-0.15, -0.1) is 0 Å². The molecule has 0 aromatic carbocycles. The number of hydrogen-bond acceptors (Lipinski definition) is 4. The molecule has 0 heterocycles. The summed E-state index contributed by atoms with van der Waals surface area (Å²) in [7, 11) is 5.40. The molecule has 2 aliphatic rings. The molecule has 0 saturated carbocycles. The quantitative estimate of drug-likeness (QED) is 0.425. The summed E-state index contributed by atoms with van der Waals surface area (Å²) in [6, 6.07) is 0. The molecular weight excluding hydrogens is 374 g/mol. The highest BCUT2D eigenvalue weighted by atomic mass is 28.3. The first-order valence-corrected chi connectivity index (χ1v) is 16.9. The van der Waals surface area contributed by atoms with Gasteiger partial charge in [0.2, 0.25) is 0 Å². The first kappa shape index (κ1) is 22.9. The normalized spacial score (nSPS) is 15.6. The van der Waals surface area contributed by atoms with E-state index in [2.05, 4.69) is 122 Å². The largest absolute Gasteiger partial charge is 0.426 e. The lowest BCUT2D eigenvalue weighted by atomic mass is 9.32. The van der Waals surface area contributed by atoms with Crippen LogP contribution in [0.5, 0.6) is 0 Å². The lowest BCUT2D eigenvalue weighted by Crippen LogP contribution is -2.76. The van der Waals surface area contributed by atoms with Crippen molar-refractivity contribution in [2.24, 2.45) is 0 Å². The zero-order valence-corrected chi connectivity index (χ0v) is 21.4. The Hall–Kier alpha value is -1.40. The Morgan fingerprint density at radius 2 is 0.964 bits per heavy atom. The fraction of sp³-hybridized carbons (Fsp3) is 0.500. The topological polar surface area (TPSA) is 13.0 Å². The van der Waals surface area contributed by atoms with Crippen LogP contribution >= 0.6 is 0 Å². The molecule has 0 bridgehead atoms. The van der Waals surface area contributed by atoms with Crippen LogP contribution in [0, 0.1) is 0 Å². The molecule has 0 aliphatic heterocycles. The Kier molecular flexibility index (Phi) is 6.98. The molecular formula is C20H36B2N4Si2. The van der Waals surface area contributed by atoms with Crippen LogP contribution in [0.3, 0.4) is 0 Å². The van der Waals surface area contributed by atoms with Gasteiger partial charge in [0.1, 0.15) is 16.5 Å². The van der Waals surface area contributed by atoms with Gasteiger partial charge in [-0.3, -0.25) is 0 Å². The molecule has 0 aromatic heterocycles. The van der Waals surface area contributed by atoms with Crippen LogP contribution in [-0.2, 0) is 0 Å². The standard InChI is InChI=1S/C20H36B2N4Si2/c1-23(2)21(25(27(5,6)7)19-15-11-12-16-19)22(24(3)4)26(28(8,9)10)20-17-13-14-18-20/h11-15,17H,1-10H3. The van der Waals surface area contributed by atoms with E-state index in [0.29, 0.717) is 0 Å². The Morgan fingerprint density at radius 3 is 1.14 bits per heavy atom. The molecule has 8 heteroatoms. The predicted octanol–water partition coefficient (Wildman–Crippen LogP) is 3.66. The fourth-order valence-electron chi connectivity index (χ4n) is 4.00. The first-order valence-electron chi connectivity index (χ1n) is 10.0. The maximum Gasteiger partial charge on any atom is 0.342 e. The van der Waals surface area contributed by atoms with E-state index in [1.54, 1.807) is 0 Å². The Labute approximate surface area is 175 Å². The SMILES string of the molecule is CN(C)B(B(N(C)C)N(C1=C=CC=C1)[Si](C)(C)C)N(C1=C=CC=C1)[Si](C)(C)C. The van der Waals surface area contributed by atoms with E-state index in [-0.39, 0.29) is 13.7 Å². The van der Waals surface area contributed by atoms with Gasteiger partial charge in [-0.1, -0.05) is 62.9 Å². The van der Waals surface area contributed by atoms with Gasteiger partial charge in [0.05, 0.1) is 11.4 Å². The van der Waals surface area contributed by atoms with E-state index < -0.39 is 16.5 Å². The highest BCUT2D eigenvalue weighted by molar-refractivity contribution is 7.22. The molecule has 28 heavy (non-hydrogen) atoms. The zero-order chi connectivity index (χ0) is 21.3. The van der Waals surface area contributed by atoms with Crippen LogP contribution < -0.4 is 0 Å². The highest BCUT2D eigenvalue weighted by Crippen LogP contribution is 2.29. The van der Waals surface area contributed by atoms with Gasteiger partial charge in [-0.05, 0) is 52.5 Å². The summed E-state index contributed by atoms with van der Waals surface area (Å²) >= 11 is 0. The molecule has 0 fully saturated rings. The van der Waals surface area contributed by atoms with Gasteiger partial charge < -0.3 is 18.6 Å². The van der Waals surface area contributed by atoms with Crippen LogP contribution in [-0.4, -0.2) is 77.0 Å². The fourth-order valence-corrected chi connectivity index (χ4v) is 8.04. The zero-order valence-electron chi connectivity index (χ0n) is 19.4. The van der Waals surface area contributed by atoms with Gasteiger partial charge >= 0.3 is 13.7 Å². The summed E-state index contributed by atoms with van der Waals surface area (Å²) in [4.78, 5) is 4.75. The summed E-state index contributed by atoms with van der Waals surface area (Å²) < 4.78 is 5.29. The summed E-state index contributed by atoms with van der Waals surface area (Å²) in [5, 5.41) is 0. The maximum atomic E-state index is 3.49. The molecule has 2 rings (SSSR count). The van der Waals surface area contributed by atoms with Gasteiger partial charge in [0, 0.05) is 0 Å². The Balaban J connectivity index is 2.67. The smallest absolute Gasteiger partial charge is 0.342 e. The van der Waals surface area contributed by atoms with Crippen molar-refractivity contribution in [2.45, 2.75) is 39.3 Å². The second-order valence-corrected chi connectivity index (χ2v) is 19.6. The lowest BCUT2D eigenvalue weighted by molar-refractivity contribution is 0.548. The minimum Gasteiger partial charge on any atom is -0.426 e. The van der Waals surface area contributed by atoms with Crippen molar-refractivity contribution in [2.75, 3.05) is 28.2 Å². The van der Waals surface area contributed by atoms with Crippen molar-refractivity contribution in [1.82, 2.24) is 18.6 Å². The Morgan fingerprint density at radius 1 is 0.643 bits per heavy atom. The maximum absolute atomic E-state index is 3.49. The Bertz CT molecular complexity index is 709. The minimum atomic E-state index is -1.70. The average molecular weight is 410 g/mol. The molecule has 0 amide bonds. The van der Waals surface area contributed by atoms with Gasteiger partial charge in [-0.25, -0.2) is 0 Å². The third kappa shape index (κ3) is 4.95. The molecule has 150 valence electrons. The first-order chi connectivity index (χ1) is 12.9. The molecule has 0 N–H and O–H groups in total. The van der Waals surface area contributed by atoms with E-state index in [4.69, 9.17) is 0 Å². The summed E-state index contributed by atoms with van der Waals surface area (Å²) in [6.45, 7) is 14.9. The van der Waals surface area contributed by atoms with Crippen LogP contribution in [0.1, 0.15) is 0 Å². The van der Waals surface area contributed by atoms with Gasteiger partial charge in [0.15, 0.2) is 0 Å². The van der Waals surface area contributed by atoms with Crippen LogP contribution in [0.2, 0.25) is 39.3 Å². The number of allylic oxidation sites excluding steroid dienone is 4. The van der Waals surface area contributed by atoms with E-state index in [9.17, 15) is 0 Å². The molecule has 0 radical (unpaired) electrons. The second-order valence-electron chi connectivity index (χ2n) is 9.95. The molecule has 4 nitrogen and oxygen atoms in total. The molecule has 2 aliphatic carbocycles. The van der Waals surface area contributed by atoms with Gasteiger partial charge in [0.25, 0.3) is 0 Å². The van der Waals surface area contributed by atoms with Crippen molar-refractivity contribution in [3.8, 4) is 0 Å². The molecule has 0 atom stereocenters. The summed E-state index contributed by atoms with van der Waals surface area (Å²) in [5.41, 5.74) is 9.37. The molecule has 0 unspecified atom stereocenters. The third-order valence-corrected chi connectivity index (χ3v) is 8.88. The van der Waals surface area contributed by atoms with E-state index in [1.807, 2.05) is 12.2 Å². The highest BCUT2D eigenvalue weighted by Gasteiger charge is 2.51. The molecule has 0 saturated heterocycles. The van der Waals surface area contributed by atoms with Crippen molar-refractivity contribution < 1.29 is 0 Å². The number of rotatable bonds is 9. The van der Waals surface area contributed by atoms with Crippen molar-refractivity contribution >= 4 is 30.2 Å². The molecule has 0 spiro atoms. The monoisotopic (exact) mass is 410 g/mol. The molecule has 0 aromatic rings. The third-order valence-electron chi connectivity index (χ3n) is 4.98. The predicted molar refractivity (Wildman–Crippen MR) is 131 cm³/mol. The van der Waals surface area contributed by atoms with Gasteiger partial charge in [-0.2, -0.15) is 0 Å². The van der Waals surface area contributed by atoms with Crippen molar-refractivity contribution in [3.05, 3.63) is 59.3 Å². The van der Waals surface area contributed by atoms with Crippen molar-refractivity contribution in [1.29, 1.82) is 0 Å². The summed E-state index contributed by atoms with van der Waals surface area (Å²) in [5.74, 6) is 0. The number of nitrogens with zero attached hydrogens (tertiary/aromatic N) is 4. The number of hydrogen-bond donors (Lipinski definition) is 0. The van der Waals surface area contributed by atoms with E-state index >= 15 is 0 Å². The van der Waals surface area contributed by atoms with E-state index in [1.165, 1.54) is 11.4 Å². The van der Waals surface area contributed by atoms with Crippen LogP contribution in [0.25, 0.3) is 0 Å². The van der Waals surface area contributed by atoms with Crippen LogP contribution in [0.15, 0.2) is 59.3 Å². The minimum absolute atomic E-state index is 0.190. The average Bonchev–Trinajstić information content (AvgIpc) is 3.20. The lowest BCUT2D eigenvalue weighted by Gasteiger charge is -2.52.